The quantitative estimate of drug-likeness (QED) is 0.473. The van der Waals surface area contributed by atoms with E-state index in [-0.39, 0.29) is 0 Å². The lowest BCUT2D eigenvalue weighted by Gasteiger charge is -2.12. The molecule has 0 aliphatic rings. The van der Waals surface area contributed by atoms with E-state index in [0.717, 1.165) is 11.3 Å². The van der Waals surface area contributed by atoms with Crippen LogP contribution in [0.5, 0.6) is 5.75 Å². The van der Waals surface area contributed by atoms with Crippen molar-refractivity contribution in [3.63, 3.8) is 0 Å². The van der Waals surface area contributed by atoms with E-state index >= 15 is 0 Å². The number of benzene rings is 2. The number of nitrogens with zero attached hydrogens (tertiary/aromatic N) is 3. The highest BCUT2D eigenvalue weighted by Crippen LogP contribution is 2.26. The minimum atomic E-state index is -0.500. The van der Waals surface area contributed by atoms with Gasteiger partial charge in [-0.3, -0.25) is 4.98 Å². The number of oxazole rings is 1. The van der Waals surface area contributed by atoms with Gasteiger partial charge in [-0.25, -0.2) is 9.78 Å². The summed E-state index contributed by atoms with van der Waals surface area (Å²) in [7, 11) is 1.51. The van der Waals surface area contributed by atoms with E-state index in [1.807, 2.05) is 6.92 Å². The van der Waals surface area contributed by atoms with E-state index in [0.29, 0.717) is 39.9 Å². The molecule has 0 aliphatic carbocycles. The van der Waals surface area contributed by atoms with Crippen molar-refractivity contribution in [2.24, 2.45) is 0 Å². The predicted molar refractivity (Wildman–Crippen MR) is 108 cm³/mol. The van der Waals surface area contributed by atoms with Gasteiger partial charge in [0.15, 0.2) is 5.58 Å². The Morgan fingerprint density at radius 2 is 1.97 bits per heavy atom. The number of aromatic nitrogens is 3. The highest BCUT2D eigenvalue weighted by atomic mass is 16.5. The summed E-state index contributed by atoms with van der Waals surface area (Å²) in [4.78, 5) is 22.7. The molecule has 0 fully saturated rings. The molecule has 0 saturated heterocycles. The Morgan fingerprint density at radius 3 is 2.76 bits per heavy atom. The minimum Gasteiger partial charge on any atom is -0.495 e. The van der Waals surface area contributed by atoms with Gasteiger partial charge in [0.1, 0.15) is 17.6 Å². The maximum Gasteiger partial charge on any atom is 0.417 e. The Labute approximate surface area is 165 Å². The van der Waals surface area contributed by atoms with E-state index < -0.39 is 5.76 Å². The summed E-state index contributed by atoms with van der Waals surface area (Å²) in [5.74, 6) is 0.945. The number of rotatable bonds is 5. The van der Waals surface area contributed by atoms with Gasteiger partial charge in [-0.05, 0) is 37.3 Å². The van der Waals surface area contributed by atoms with E-state index in [4.69, 9.17) is 14.4 Å². The molecule has 0 unspecified atom stereocenters. The molecular formula is C20H16N6O3. The molecule has 4 aromatic rings. The average molecular weight is 388 g/mol. The molecule has 4 rings (SSSR count). The van der Waals surface area contributed by atoms with Gasteiger partial charge in [0.05, 0.1) is 18.2 Å². The van der Waals surface area contributed by atoms with E-state index in [1.54, 1.807) is 42.6 Å². The van der Waals surface area contributed by atoms with Crippen molar-refractivity contribution in [1.29, 1.82) is 5.26 Å². The number of aromatic amines is 1. The van der Waals surface area contributed by atoms with Crippen LogP contribution in [0.15, 0.2) is 51.8 Å². The predicted octanol–water partition coefficient (Wildman–Crippen LogP) is 3.59. The maximum absolute atomic E-state index is 11.3. The Kier molecular flexibility index (Phi) is 4.58. The molecule has 2 aromatic carbocycles. The second-order valence-corrected chi connectivity index (χ2v) is 6.23. The van der Waals surface area contributed by atoms with Crippen LogP contribution in [0.25, 0.3) is 11.1 Å². The Morgan fingerprint density at radius 1 is 1.17 bits per heavy atom. The molecule has 29 heavy (non-hydrogen) atoms. The van der Waals surface area contributed by atoms with Crippen LogP contribution in [-0.4, -0.2) is 22.1 Å². The lowest BCUT2D eigenvalue weighted by atomic mass is 10.2. The highest BCUT2D eigenvalue weighted by Gasteiger charge is 2.09. The van der Waals surface area contributed by atoms with Gasteiger partial charge in [-0.15, -0.1) is 0 Å². The molecule has 144 valence electrons. The van der Waals surface area contributed by atoms with Crippen molar-refractivity contribution in [3.8, 4) is 11.8 Å². The van der Waals surface area contributed by atoms with Crippen molar-refractivity contribution < 1.29 is 9.15 Å². The maximum atomic E-state index is 11.3. The largest absolute Gasteiger partial charge is 0.495 e. The van der Waals surface area contributed by atoms with E-state index in [9.17, 15) is 4.79 Å². The number of anilines is 4. The number of hydrogen-bond donors (Lipinski definition) is 3. The van der Waals surface area contributed by atoms with Gasteiger partial charge in [-0.1, -0.05) is 0 Å². The number of fused-ring (bicyclic) bond motifs is 1. The van der Waals surface area contributed by atoms with Crippen molar-refractivity contribution in [3.05, 3.63) is 64.3 Å². The van der Waals surface area contributed by atoms with Crippen molar-refractivity contribution >= 4 is 34.2 Å². The zero-order valence-electron chi connectivity index (χ0n) is 15.6. The first-order valence-corrected chi connectivity index (χ1v) is 8.64. The lowest BCUT2D eigenvalue weighted by Crippen LogP contribution is -2.03. The van der Waals surface area contributed by atoms with Gasteiger partial charge >= 0.3 is 5.76 Å². The second kappa shape index (κ2) is 7.36. The van der Waals surface area contributed by atoms with Crippen molar-refractivity contribution in [2.45, 2.75) is 6.92 Å². The fourth-order valence-electron chi connectivity index (χ4n) is 2.79. The fraction of sp³-hybridized carbons (Fsp3) is 0.100. The molecule has 0 atom stereocenters. The monoisotopic (exact) mass is 388 g/mol. The molecule has 0 spiro atoms. The molecule has 0 amide bonds. The Hall–Kier alpha value is -4.32. The third-order valence-electron chi connectivity index (χ3n) is 4.23. The Balaban J connectivity index is 1.60. The van der Waals surface area contributed by atoms with Crippen LogP contribution in [-0.2, 0) is 0 Å². The third kappa shape index (κ3) is 3.72. The molecule has 3 N–H and O–H groups in total. The molecule has 0 saturated carbocycles. The minimum absolute atomic E-state index is 0.377. The van der Waals surface area contributed by atoms with Crippen LogP contribution in [0.3, 0.4) is 0 Å². The third-order valence-corrected chi connectivity index (χ3v) is 4.23. The molecule has 0 radical (unpaired) electrons. The van der Waals surface area contributed by atoms with Gasteiger partial charge in [0.25, 0.3) is 0 Å². The molecule has 2 heterocycles. The standard InChI is InChI=1S/C20H16N6O3/c1-11-10-22-19(24-14-4-3-12(9-21)17(8-14)28-2)26-18(11)23-13-5-6-16-15(7-13)25-20(27)29-16/h3-8,10H,1-2H3,(H,25,27)(H2,22,23,24,26). The molecule has 9 nitrogen and oxygen atoms in total. The zero-order chi connectivity index (χ0) is 20.4. The SMILES string of the molecule is COc1cc(Nc2ncc(C)c(Nc3ccc4oc(=O)[nH]c4c3)n2)ccc1C#N. The first kappa shape index (κ1) is 18.1. The number of ether oxygens (including phenoxy) is 1. The molecule has 0 bridgehead atoms. The van der Waals surface area contributed by atoms with Gasteiger partial charge in [-0.2, -0.15) is 10.2 Å². The van der Waals surface area contributed by atoms with Crippen LogP contribution >= 0.6 is 0 Å². The molecule has 2 aromatic heterocycles. The summed E-state index contributed by atoms with van der Waals surface area (Å²) >= 11 is 0. The first-order chi connectivity index (χ1) is 14.1. The van der Waals surface area contributed by atoms with Crippen LogP contribution in [0.4, 0.5) is 23.1 Å². The summed E-state index contributed by atoms with van der Waals surface area (Å²) in [5, 5.41) is 15.4. The molecule has 9 heteroatoms. The van der Waals surface area contributed by atoms with Crippen molar-refractivity contribution in [2.75, 3.05) is 17.7 Å². The van der Waals surface area contributed by atoms with Gasteiger partial charge in [0.2, 0.25) is 5.95 Å². The summed E-state index contributed by atoms with van der Waals surface area (Å²) in [5.41, 5.74) is 3.79. The smallest absolute Gasteiger partial charge is 0.417 e. The topological polar surface area (TPSA) is 129 Å². The van der Waals surface area contributed by atoms with Crippen LogP contribution in [0.2, 0.25) is 0 Å². The first-order valence-electron chi connectivity index (χ1n) is 8.64. The summed E-state index contributed by atoms with van der Waals surface area (Å²) in [6, 6.07) is 12.4. The van der Waals surface area contributed by atoms with E-state index in [1.165, 1.54) is 7.11 Å². The number of aryl methyl sites for hydroxylation is 1. The van der Waals surface area contributed by atoms with Gasteiger partial charge in [0, 0.05) is 29.2 Å². The second-order valence-electron chi connectivity index (χ2n) is 6.23. The average Bonchev–Trinajstić information content (AvgIpc) is 3.09. The van der Waals surface area contributed by atoms with E-state index in [2.05, 4.69) is 31.7 Å². The number of nitriles is 1. The number of H-pyrrole nitrogens is 1. The number of hydrogen-bond acceptors (Lipinski definition) is 8. The van der Waals surface area contributed by atoms with Crippen LogP contribution in [0.1, 0.15) is 11.1 Å². The molecule has 0 aliphatic heterocycles. The Bertz CT molecular complexity index is 1300. The van der Waals surface area contributed by atoms with Crippen molar-refractivity contribution in [1.82, 2.24) is 15.0 Å². The van der Waals surface area contributed by atoms with Crippen LogP contribution in [0, 0.1) is 18.3 Å². The summed E-state index contributed by atoms with van der Waals surface area (Å²) < 4.78 is 10.2. The summed E-state index contributed by atoms with van der Waals surface area (Å²) in [6.07, 6.45) is 1.69. The highest BCUT2D eigenvalue weighted by molar-refractivity contribution is 5.78. The fourth-order valence-corrected chi connectivity index (χ4v) is 2.79. The summed E-state index contributed by atoms with van der Waals surface area (Å²) in [6.45, 7) is 1.88. The molecular weight excluding hydrogens is 372 g/mol. The normalized spacial score (nSPS) is 10.5. The lowest BCUT2D eigenvalue weighted by molar-refractivity contribution is 0.413. The zero-order valence-corrected chi connectivity index (χ0v) is 15.6. The van der Waals surface area contributed by atoms with Gasteiger partial charge < -0.3 is 19.8 Å². The van der Waals surface area contributed by atoms with Crippen LogP contribution < -0.4 is 21.1 Å². The number of methoxy groups -OCH3 is 1. The number of nitrogens with one attached hydrogen (secondary N) is 3.